The molecule has 3 aliphatic rings. The van der Waals surface area contributed by atoms with E-state index in [1.54, 1.807) is 6.07 Å². The molecule has 7 rings (SSSR count). The number of anilines is 1. The molecule has 44 heavy (non-hydrogen) atoms. The molecule has 3 aliphatic heterocycles. The molecule has 0 radical (unpaired) electrons. The Morgan fingerprint density at radius 3 is 2.55 bits per heavy atom. The highest BCUT2D eigenvalue weighted by Gasteiger charge is 2.34. The number of aromatic nitrogens is 2. The number of nitrogens with zero attached hydrogens (tertiary/aromatic N) is 3. The van der Waals surface area contributed by atoms with Gasteiger partial charge in [0.15, 0.2) is 11.6 Å². The van der Waals surface area contributed by atoms with Crippen LogP contribution in [0.15, 0.2) is 42.5 Å². The molecule has 2 aromatic carbocycles. The quantitative estimate of drug-likeness (QED) is 0.188. The van der Waals surface area contributed by atoms with Gasteiger partial charge in [0.1, 0.15) is 34.7 Å². The van der Waals surface area contributed by atoms with Crippen LogP contribution in [0.3, 0.4) is 0 Å². The normalized spacial score (nSPS) is 16.9. The molecule has 0 unspecified atom stereocenters. The van der Waals surface area contributed by atoms with Crippen molar-refractivity contribution >= 4 is 29.0 Å². The van der Waals surface area contributed by atoms with E-state index >= 15 is 0 Å². The first-order chi connectivity index (χ1) is 21.2. The van der Waals surface area contributed by atoms with Gasteiger partial charge in [-0.05, 0) is 56.0 Å². The lowest BCUT2D eigenvalue weighted by atomic mass is 9.92. The average Bonchev–Trinajstić information content (AvgIpc) is 3.34. The number of imidazole rings is 1. The van der Waals surface area contributed by atoms with E-state index in [4.69, 9.17) is 35.5 Å². The molecule has 1 fully saturated rings. The minimum absolute atomic E-state index is 0.0768. The van der Waals surface area contributed by atoms with Crippen molar-refractivity contribution in [1.82, 2.24) is 9.38 Å². The number of fused-ring (bicyclic) bond motifs is 8. The summed E-state index contributed by atoms with van der Waals surface area (Å²) in [6.07, 6.45) is 1.58. The van der Waals surface area contributed by atoms with Crippen molar-refractivity contribution in [1.29, 1.82) is 0 Å². The van der Waals surface area contributed by atoms with E-state index in [1.807, 2.05) is 35.6 Å². The van der Waals surface area contributed by atoms with Crippen molar-refractivity contribution in [2.45, 2.75) is 38.7 Å². The number of benzene rings is 2. The Balaban J connectivity index is 1.53. The fourth-order valence-electron chi connectivity index (χ4n) is 5.96. The van der Waals surface area contributed by atoms with Crippen LogP contribution in [0, 0.1) is 18.6 Å². The number of hydrogen-bond donors (Lipinski definition) is 0. The zero-order valence-electron chi connectivity index (χ0n) is 24.9. The largest absolute Gasteiger partial charge is 0.490 e. The van der Waals surface area contributed by atoms with Crippen LogP contribution in [-0.2, 0) is 25.4 Å². The highest BCUT2D eigenvalue weighted by molar-refractivity contribution is 6.32. The highest BCUT2D eigenvalue weighted by atomic mass is 35.5. The molecule has 8 nitrogen and oxygen atoms in total. The lowest BCUT2D eigenvalue weighted by molar-refractivity contribution is -0.139. The molecule has 0 spiro atoms. The maximum atomic E-state index is 14.5. The van der Waals surface area contributed by atoms with E-state index in [0.29, 0.717) is 59.5 Å². The van der Waals surface area contributed by atoms with Crippen LogP contribution in [0.1, 0.15) is 30.9 Å². The first-order valence-electron chi connectivity index (χ1n) is 14.6. The number of carbonyl (C=O) groups excluding carboxylic acids is 1. The summed E-state index contributed by atoms with van der Waals surface area (Å²) in [6.45, 7) is 6.58. The fourth-order valence-corrected chi connectivity index (χ4v) is 6.28. The summed E-state index contributed by atoms with van der Waals surface area (Å²) < 4.78 is 53.6. The SMILES string of the molecule is COC(=O)Cc1c(C)cc2nc3c(Cl)n2c1N1CCC(C)(CC1)OCCOCCOc1cc(F)c(F)cc1-c1cccc-3c1. The van der Waals surface area contributed by atoms with Crippen molar-refractivity contribution in [2.75, 3.05) is 51.5 Å². The average molecular weight is 626 g/mol. The van der Waals surface area contributed by atoms with Gasteiger partial charge < -0.3 is 23.8 Å². The van der Waals surface area contributed by atoms with Crippen molar-refractivity contribution in [3.05, 3.63) is 70.4 Å². The number of hydrogen-bond acceptors (Lipinski definition) is 7. The Hall–Kier alpha value is -3.73. The van der Waals surface area contributed by atoms with Crippen LogP contribution >= 0.6 is 11.6 Å². The summed E-state index contributed by atoms with van der Waals surface area (Å²) in [6, 6.07) is 11.4. The fraction of sp³-hybridized carbons (Fsp3) is 0.394. The van der Waals surface area contributed by atoms with E-state index in [9.17, 15) is 13.6 Å². The van der Waals surface area contributed by atoms with E-state index in [2.05, 4.69) is 11.8 Å². The minimum Gasteiger partial charge on any atom is -0.490 e. The molecule has 5 heterocycles. The van der Waals surface area contributed by atoms with E-state index in [1.165, 1.54) is 7.11 Å². The first-order valence-corrected chi connectivity index (χ1v) is 15.0. The second-order valence-corrected chi connectivity index (χ2v) is 11.8. The van der Waals surface area contributed by atoms with Crippen LogP contribution in [0.2, 0.25) is 5.15 Å². The zero-order chi connectivity index (χ0) is 31.0. The third-order valence-electron chi connectivity index (χ3n) is 8.45. The van der Waals surface area contributed by atoms with Gasteiger partial charge in [0.2, 0.25) is 0 Å². The summed E-state index contributed by atoms with van der Waals surface area (Å²) in [5, 5.41) is 0.371. The van der Waals surface area contributed by atoms with Crippen LogP contribution in [0.5, 0.6) is 5.75 Å². The molecule has 2 aromatic heterocycles. The number of carbonyl (C=O) groups is 1. The monoisotopic (exact) mass is 625 g/mol. The Labute approximate surface area is 259 Å². The van der Waals surface area contributed by atoms with Crippen LogP contribution < -0.4 is 9.64 Å². The van der Waals surface area contributed by atoms with Crippen LogP contribution in [-0.4, -0.2) is 67.6 Å². The molecule has 6 bridgehead atoms. The second kappa shape index (κ2) is 12.3. The van der Waals surface area contributed by atoms with Gasteiger partial charge in [-0.25, -0.2) is 13.8 Å². The maximum absolute atomic E-state index is 14.5. The predicted molar refractivity (Wildman–Crippen MR) is 164 cm³/mol. The van der Waals surface area contributed by atoms with Gasteiger partial charge in [-0.3, -0.25) is 9.20 Å². The molecule has 11 heteroatoms. The molecular weight excluding hydrogens is 592 g/mol. The number of piperidine rings is 1. The Kier molecular flexibility index (Phi) is 8.50. The molecule has 0 amide bonds. The van der Waals surface area contributed by atoms with Crippen LogP contribution in [0.4, 0.5) is 14.6 Å². The lowest BCUT2D eigenvalue weighted by Crippen LogP contribution is -2.45. The number of aryl methyl sites for hydroxylation is 1. The zero-order valence-corrected chi connectivity index (χ0v) is 25.7. The molecule has 0 saturated carbocycles. The lowest BCUT2D eigenvalue weighted by Gasteiger charge is -2.41. The summed E-state index contributed by atoms with van der Waals surface area (Å²) in [5.41, 5.74) is 4.16. The number of esters is 1. The Bertz CT molecular complexity index is 1720. The summed E-state index contributed by atoms with van der Waals surface area (Å²) in [7, 11) is 1.38. The van der Waals surface area contributed by atoms with Crippen molar-refractivity contribution in [3.63, 3.8) is 0 Å². The van der Waals surface area contributed by atoms with Gasteiger partial charge in [0.05, 0.1) is 39.0 Å². The highest BCUT2D eigenvalue weighted by Crippen LogP contribution is 2.40. The smallest absolute Gasteiger partial charge is 0.310 e. The molecule has 0 aliphatic carbocycles. The number of methoxy groups -OCH3 is 1. The van der Waals surface area contributed by atoms with E-state index in [-0.39, 0.29) is 37.0 Å². The van der Waals surface area contributed by atoms with Gasteiger partial charge in [-0.1, -0.05) is 29.8 Å². The van der Waals surface area contributed by atoms with Gasteiger partial charge in [-0.15, -0.1) is 0 Å². The van der Waals surface area contributed by atoms with Crippen molar-refractivity contribution < 1.29 is 32.5 Å². The third-order valence-corrected chi connectivity index (χ3v) is 8.80. The number of pyridine rings is 1. The standard InChI is InChI=1S/C33H34ClF2N3O5/c1-20-15-28-37-30-22-6-4-5-21(16-22)24-17-25(35)26(36)19-27(24)43-13-11-42-12-14-44-33(2)7-9-38(10-8-33)32(39(28)31(30)34)23(20)18-29(40)41-3/h4-6,15-17,19H,7-14,18H2,1-3H3. The minimum atomic E-state index is -1.00. The summed E-state index contributed by atoms with van der Waals surface area (Å²) >= 11 is 7.15. The number of rotatable bonds is 2. The number of ether oxygens (including phenoxy) is 4. The van der Waals surface area contributed by atoms with Crippen molar-refractivity contribution in [2.24, 2.45) is 0 Å². The Morgan fingerprint density at radius 2 is 1.77 bits per heavy atom. The molecule has 0 atom stereocenters. The molecule has 0 N–H and O–H groups in total. The first kappa shape index (κ1) is 30.3. The van der Waals surface area contributed by atoms with Gasteiger partial charge in [-0.2, -0.15) is 0 Å². The Morgan fingerprint density at radius 1 is 1.05 bits per heavy atom. The second-order valence-electron chi connectivity index (χ2n) is 11.4. The van der Waals surface area contributed by atoms with Crippen LogP contribution in [0.25, 0.3) is 28.0 Å². The molecule has 232 valence electrons. The topological polar surface area (TPSA) is 74.5 Å². The van der Waals surface area contributed by atoms with Gasteiger partial charge >= 0.3 is 5.97 Å². The van der Waals surface area contributed by atoms with Gasteiger partial charge in [0, 0.05) is 35.8 Å². The van der Waals surface area contributed by atoms with Crippen molar-refractivity contribution in [3.8, 4) is 28.1 Å². The summed E-state index contributed by atoms with van der Waals surface area (Å²) in [5.74, 6) is -1.35. The summed E-state index contributed by atoms with van der Waals surface area (Å²) in [4.78, 5) is 19.7. The van der Waals surface area contributed by atoms with E-state index in [0.717, 1.165) is 41.9 Å². The van der Waals surface area contributed by atoms with Gasteiger partial charge in [0.25, 0.3) is 0 Å². The number of halogens is 3. The van der Waals surface area contributed by atoms with E-state index < -0.39 is 11.6 Å². The molecular formula is C33H34ClF2N3O5. The maximum Gasteiger partial charge on any atom is 0.310 e. The molecule has 4 aromatic rings. The molecule has 1 saturated heterocycles. The third kappa shape index (κ3) is 5.86. The predicted octanol–water partition coefficient (Wildman–Crippen LogP) is 6.41.